The number of aliphatic hydroxyl groups excluding tert-OH is 2. The van der Waals surface area contributed by atoms with Crippen molar-refractivity contribution in [3.05, 3.63) is 58.0 Å². The second kappa shape index (κ2) is 3.80. The Bertz CT molecular complexity index is 861. The van der Waals surface area contributed by atoms with Crippen LogP contribution in [0.15, 0.2) is 62.3 Å². The summed E-state index contributed by atoms with van der Waals surface area (Å²) < 4.78 is 0. The quantitative estimate of drug-likeness (QED) is 0.746. The summed E-state index contributed by atoms with van der Waals surface area (Å²) in [6.45, 7) is 0. The molecule has 0 saturated heterocycles. The molecule has 4 rings (SSSR count). The predicted octanol–water partition coefficient (Wildman–Crippen LogP) is 1.33. The van der Waals surface area contributed by atoms with E-state index in [9.17, 15) is 19.8 Å². The normalized spacial score (nSPS) is 23.1. The van der Waals surface area contributed by atoms with Gasteiger partial charge in [-0.15, -0.1) is 10.2 Å². The number of Topliss-reactive ketones (excluding diaryl/α,β-unsaturated/α-hetero) is 2. The monoisotopic (exact) mass is 281 g/mol. The Morgan fingerprint density at radius 2 is 1.71 bits per heavy atom. The number of fused-ring (bicyclic) bond motifs is 2. The van der Waals surface area contributed by atoms with E-state index < -0.39 is 23.4 Å². The number of aliphatic hydroxyl groups is 2. The molecule has 0 bridgehead atoms. The highest BCUT2D eigenvalue weighted by atomic mass is 16.3. The number of ketones is 2. The van der Waals surface area contributed by atoms with Gasteiger partial charge in [-0.2, -0.15) is 0 Å². The third-order valence-corrected chi connectivity index (χ3v) is 3.69. The lowest BCUT2D eigenvalue weighted by Crippen LogP contribution is -2.38. The molecule has 1 aromatic carbocycles. The predicted molar refractivity (Wildman–Crippen MR) is 70.1 cm³/mol. The standard InChI is InChI=1S/C14H7N3O4/c18-11-5-3-1-2-4-6(5)12(19)8-7(11)13(20)9-10(14(8)21)16-17-15-9/h1-4,13,20-21H. The van der Waals surface area contributed by atoms with Gasteiger partial charge in [0.1, 0.15) is 11.8 Å². The minimum atomic E-state index is -1.43. The third-order valence-electron chi connectivity index (χ3n) is 3.69. The first-order valence-corrected chi connectivity index (χ1v) is 6.14. The van der Waals surface area contributed by atoms with Crippen molar-refractivity contribution in [2.45, 2.75) is 6.10 Å². The van der Waals surface area contributed by atoms with Crippen LogP contribution in [-0.4, -0.2) is 33.6 Å². The molecule has 1 aliphatic heterocycles. The molecule has 3 aliphatic rings. The van der Waals surface area contributed by atoms with Crippen LogP contribution < -0.4 is 0 Å². The third kappa shape index (κ3) is 1.33. The maximum atomic E-state index is 12.5. The molecule has 0 aromatic heterocycles. The largest absolute Gasteiger partial charge is 0.505 e. The van der Waals surface area contributed by atoms with Gasteiger partial charge in [-0.25, -0.2) is 0 Å². The van der Waals surface area contributed by atoms with Crippen LogP contribution in [0.4, 0.5) is 0 Å². The van der Waals surface area contributed by atoms with Gasteiger partial charge >= 0.3 is 0 Å². The first-order chi connectivity index (χ1) is 10.1. The second-order valence-corrected chi connectivity index (χ2v) is 4.77. The van der Waals surface area contributed by atoms with Gasteiger partial charge in [0, 0.05) is 16.7 Å². The van der Waals surface area contributed by atoms with Gasteiger partial charge in [0.05, 0.1) is 5.57 Å². The van der Waals surface area contributed by atoms with Crippen LogP contribution in [-0.2, 0) is 0 Å². The highest BCUT2D eigenvalue weighted by Gasteiger charge is 2.45. The lowest BCUT2D eigenvalue weighted by atomic mass is 9.77. The van der Waals surface area contributed by atoms with Crippen molar-refractivity contribution in [2.24, 2.45) is 15.4 Å². The molecule has 1 aromatic rings. The van der Waals surface area contributed by atoms with Crippen LogP contribution in [0.3, 0.4) is 0 Å². The summed E-state index contributed by atoms with van der Waals surface area (Å²) in [5.74, 6) is -1.50. The highest BCUT2D eigenvalue weighted by Crippen LogP contribution is 2.38. The van der Waals surface area contributed by atoms with Crippen molar-refractivity contribution >= 4 is 17.3 Å². The molecule has 2 N–H and O–H groups in total. The van der Waals surface area contributed by atoms with E-state index in [2.05, 4.69) is 15.4 Å². The minimum absolute atomic E-state index is 0.0215. The Kier molecular flexibility index (Phi) is 2.14. The molecule has 0 amide bonds. The minimum Gasteiger partial charge on any atom is -0.505 e. The molecule has 7 heteroatoms. The maximum Gasteiger partial charge on any atom is 0.198 e. The van der Waals surface area contributed by atoms with E-state index in [-0.39, 0.29) is 33.7 Å². The van der Waals surface area contributed by atoms with Crippen molar-refractivity contribution in [1.82, 2.24) is 0 Å². The van der Waals surface area contributed by atoms with Crippen molar-refractivity contribution in [1.29, 1.82) is 0 Å². The molecule has 102 valence electrons. The van der Waals surface area contributed by atoms with Gasteiger partial charge in [-0.1, -0.05) is 24.3 Å². The molecule has 1 atom stereocenters. The van der Waals surface area contributed by atoms with Crippen molar-refractivity contribution in [3.63, 3.8) is 0 Å². The van der Waals surface area contributed by atoms with E-state index in [1.54, 1.807) is 12.1 Å². The molecule has 21 heavy (non-hydrogen) atoms. The summed E-state index contributed by atoms with van der Waals surface area (Å²) in [5.41, 5.74) is -0.0967. The highest BCUT2D eigenvalue weighted by molar-refractivity contribution is 6.32. The number of carbonyl (C=O) groups is 2. The number of nitrogens with zero attached hydrogens (tertiary/aromatic N) is 3. The average molecular weight is 281 g/mol. The lowest BCUT2D eigenvalue weighted by Gasteiger charge is -2.27. The van der Waals surface area contributed by atoms with Crippen LogP contribution in [0, 0.1) is 0 Å². The summed E-state index contributed by atoms with van der Waals surface area (Å²) in [6, 6.07) is 6.27. The molecule has 0 fully saturated rings. The zero-order chi connectivity index (χ0) is 14.7. The van der Waals surface area contributed by atoms with E-state index >= 15 is 0 Å². The van der Waals surface area contributed by atoms with Crippen molar-refractivity contribution in [2.75, 3.05) is 0 Å². The summed E-state index contributed by atoms with van der Waals surface area (Å²) in [7, 11) is 0. The molecule has 0 spiro atoms. The first-order valence-electron chi connectivity index (χ1n) is 6.14. The molecule has 0 saturated carbocycles. The van der Waals surface area contributed by atoms with Gasteiger partial charge in [0.2, 0.25) is 0 Å². The number of hydrogen-bond acceptors (Lipinski definition) is 7. The van der Waals surface area contributed by atoms with Crippen molar-refractivity contribution in [3.8, 4) is 0 Å². The van der Waals surface area contributed by atoms with E-state index in [0.29, 0.717) is 0 Å². The summed E-state index contributed by atoms with van der Waals surface area (Å²) in [6.07, 6.45) is -1.43. The number of benzene rings is 1. The fourth-order valence-corrected chi connectivity index (χ4v) is 2.71. The molecule has 1 unspecified atom stereocenters. The number of hydrogen-bond donors (Lipinski definition) is 2. The number of allylic oxidation sites excluding steroid dienone is 1. The van der Waals surface area contributed by atoms with Gasteiger partial charge in [-0.3, -0.25) is 9.59 Å². The fourth-order valence-electron chi connectivity index (χ4n) is 2.71. The average Bonchev–Trinajstić information content (AvgIpc) is 2.98. The summed E-state index contributed by atoms with van der Waals surface area (Å²) in [5, 5.41) is 31.1. The lowest BCUT2D eigenvalue weighted by molar-refractivity contribution is 0.0949. The summed E-state index contributed by atoms with van der Waals surface area (Å²) in [4.78, 5) is 25.0. The molecule has 0 radical (unpaired) electrons. The summed E-state index contributed by atoms with van der Waals surface area (Å²) >= 11 is 0. The number of carbonyl (C=O) groups excluding carboxylic acids is 2. The number of rotatable bonds is 0. The van der Waals surface area contributed by atoms with Crippen LogP contribution in [0.2, 0.25) is 0 Å². The molecular formula is C14H7N3O4. The zero-order valence-corrected chi connectivity index (χ0v) is 10.4. The fraction of sp³-hybridized carbons (Fsp3) is 0.0714. The SMILES string of the molecule is O=C1C2=C(C(=O)c3ccccc31)C(O)C1=NN=NC1=C2O. The molecule has 2 aliphatic carbocycles. The van der Waals surface area contributed by atoms with Gasteiger partial charge < -0.3 is 10.2 Å². The van der Waals surface area contributed by atoms with Gasteiger partial charge in [-0.05, 0) is 5.22 Å². The first kappa shape index (κ1) is 11.9. The van der Waals surface area contributed by atoms with Crippen LogP contribution in [0.1, 0.15) is 20.7 Å². The Morgan fingerprint density at radius 1 is 1.05 bits per heavy atom. The Morgan fingerprint density at radius 3 is 2.43 bits per heavy atom. The van der Waals surface area contributed by atoms with Crippen molar-refractivity contribution < 1.29 is 19.8 Å². The van der Waals surface area contributed by atoms with Gasteiger partial charge in [0.25, 0.3) is 0 Å². The zero-order valence-electron chi connectivity index (χ0n) is 10.4. The smallest absolute Gasteiger partial charge is 0.198 e. The molecular weight excluding hydrogens is 274 g/mol. The molecule has 1 heterocycles. The van der Waals surface area contributed by atoms with E-state index in [0.717, 1.165) is 0 Å². The maximum absolute atomic E-state index is 12.5. The van der Waals surface area contributed by atoms with Crippen LogP contribution in [0.25, 0.3) is 0 Å². The second-order valence-electron chi connectivity index (χ2n) is 4.77. The Hall–Kier alpha value is -2.93. The van der Waals surface area contributed by atoms with E-state index in [1.807, 2.05) is 0 Å². The van der Waals surface area contributed by atoms with Crippen LogP contribution in [0.5, 0.6) is 0 Å². The molecule has 7 nitrogen and oxygen atoms in total. The Labute approximate surface area is 117 Å². The van der Waals surface area contributed by atoms with E-state index in [4.69, 9.17) is 0 Å². The van der Waals surface area contributed by atoms with Crippen LogP contribution >= 0.6 is 0 Å². The Balaban J connectivity index is 2.04. The topological polar surface area (TPSA) is 112 Å². The van der Waals surface area contributed by atoms with E-state index in [1.165, 1.54) is 12.1 Å². The van der Waals surface area contributed by atoms with Gasteiger partial charge in [0.15, 0.2) is 23.0 Å².